The van der Waals surface area contributed by atoms with Gasteiger partial charge in [0.05, 0.1) is 17.6 Å². The van der Waals surface area contributed by atoms with Crippen LogP contribution in [-0.2, 0) is 11.3 Å². The van der Waals surface area contributed by atoms with Crippen molar-refractivity contribution in [3.8, 4) is 0 Å². The van der Waals surface area contributed by atoms with Crippen molar-refractivity contribution < 1.29 is 9.90 Å². The number of benzene rings is 2. The predicted molar refractivity (Wildman–Crippen MR) is 114 cm³/mol. The molecule has 2 aromatic heterocycles. The van der Waals surface area contributed by atoms with Gasteiger partial charge in [-0.15, -0.1) is 0 Å². The molecule has 5 nitrogen and oxygen atoms in total. The summed E-state index contributed by atoms with van der Waals surface area (Å²) >= 11 is 1.63. The van der Waals surface area contributed by atoms with E-state index < -0.39 is 5.97 Å². The van der Waals surface area contributed by atoms with E-state index in [1.54, 1.807) is 11.8 Å². The Morgan fingerprint density at radius 2 is 2.00 bits per heavy atom. The minimum absolute atomic E-state index is 0.187. The van der Waals surface area contributed by atoms with E-state index in [9.17, 15) is 4.79 Å². The summed E-state index contributed by atoms with van der Waals surface area (Å²) < 4.78 is 2.23. The summed E-state index contributed by atoms with van der Waals surface area (Å²) in [5.41, 5.74) is 5.68. The minimum Gasteiger partial charge on any atom is -0.481 e. The molecular formula is C22H23N3O2S. The lowest BCUT2D eigenvalue weighted by Crippen LogP contribution is -2.03. The van der Waals surface area contributed by atoms with E-state index in [-0.39, 0.29) is 6.42 Å². The fourth-order valence-electron chi connectivity index (χ4n) is 3.72. The van der Waals surface area contributed by atoms with Gasteiger partial charge in [0.1, 0.15) is 0 Å². The Balaban J connectivity index is 1.72. The van der Waals surface area contributed by atoms with E-state index in [4.69, 9.17) is 10.1 Å². The van der Waals surface area contributed by atoms with Gasteiger partial charge in [-0.2, -0.15) is 0 Å². The maximum atomic E-state index is 10.8. The third kappa shape index (κ3) is 3.52. The highest BCUT2D eigenvalue weighted by Gasteiger charge is 2.15. The number of aromatic amines is 1. The Morgan fingerprint density at radius 3 is 2.82 bits per heavy atom. The van der Waals surface area contributed by atoms with Gasteiger partial charge in [-0.1, -0.05) is 42.1 Å². The number of rotatable bonds is 7. The maximum Gasteiger partial charge on any atom is 0.303 e. The van der Waals surface area contributed by atoms with Crippen molar-refractivity contribution in [3.63, 3.8) is 0 Å². The second-order valence-electron chi connectivity index (χ2n) is 7.04. The van der Waals surface area contributed by atoms with Crippen molar-refractivity contribution in [1.82, 2.24) is 14.5 Å². The van der Waals surface area contributed by atoms with Crippen LogP contribution >= 0.6 is 11.8 Å². The molecule has 0 saturated heterocycles. The maximum absolute atomic E-state index is 10.8. The second-order valence-corrected chi connectivity index (χ2v) is 8.10. The summed E-state index contributed by atoms with van der Waals surface area (Å²) in [6, 6.07) is 14.5. The Labute approximate surface area is 167 Å². The van der Waals surface area contributed by atoms with E-state index in [0.717, 1.165) is 21.9 Å². The lowest BCUT2D eigenvalue weighted by Gasteiger charge is -2.09. The number of aliphatic carboxylic acids is 1. The summed E-state index contributed by atoms with van der Waals surface area (Å²) in [5, 5.41) is 12.3. The van der Waals surface area contributed by atoms with Crippen molar-refractivity contribution in [2.45, 2.75) is 38.4 Å². The number of aryl methyl sites for hydroxylation is 2. The number of carboxylic acid groups (broad SMARTS) is 1. The van der Waals surface area contributed by atoms with E-state index in [1.165, 1.54) is 27.7 Å². The summed E-state index contributed by atoms with van der Waals surface area (Å²) in [5.74, 6) is -0.0167. The van der Waals surface area contributed by atoms with Gasteiger partial charge in [-0.05, 0) is 38.0 Å². The van der Waals surface area contributed by atoms with Crippen LogP contribution < -0.4 is 0 Å². The molecule has 0 unspecified atom stereocenters. The molecule has 0 amide bonds. The third-order valence-electron chi connectivity index (χ3n) is 5.02. The summed E-state index contributed by atoms with van der Waals surface area (Å²) in [4.78, 5) is 19.2. The molecule has 0 saturated carbocycles. The first kappa shape index (κ1) is 18.6. The number of fused-ring (bicyclic) bond motifs is 2. The van der Waals surface area contributed by atoms with Gasteiger partial charge < -0.3 is 14.7 Å². The number of imidazole rings is 1. The molecule has 2 aromatic carbocycles. The number of thioether (sulfide) groups is 1. The number of aromatic nitrogens is 3. The SMILES string of the molecule is Cc1[nH]c(Cn2c(SCCCC(=O)O)nc3ccccc32)c2c(C)cccc12. The normalized spacial score (nSPS) is 11.5. The molecule has 144 valence electrons. The first-order valence-electron chi connectivity index (χ1n) is 9.41. The lowest BCUT2D eigenvalue weighted by atomic mass is 10.1. The predicted octanol–water partition coefficient (Wildman–Crippen LogP) is 5.14. The van der Waals surface area contributed by atoms with E-state index in [0.29, 0.717) is 13.0 Å². The van der Waals surface area contributed by atoms with Gasteiger partial charge in [0.2, 0.25) is 0 Å². The Hall–Kier alpha value is -2.73. The van der Waals surface area contributed by atoms with E-state index in [2.05, 4.69) is 47.7 Å². The van der Waals surface area contributed by atoms with Crippen LogP contribution in [0.3, 0.4) is 0 Å². The van der Waals surface area contributed by atoms with Crippen molar-refractivity contribution >= 4 is 39.5 Å². The molecule has 0 radical (unpaired) electrons. The van der Waals surface area contributed by atoms with E-state index in [1.807, 2.05) is 18.2 Å². The molecule has 2 heterocycles. The molecule has 0 aliphatic heterocycles. The molecule has 0 atom stereocenters. The molecule has 28 heavy (non-hydrogen) atoms. The van der Waals surface area contributed by atoms with Crippen molar-refractivity contribution in [3.05, 3.63) is 59.4 Å². The van der Waals surface area contributed by atoms with Gasteiger partial charge in [0.25, 0.3) is 0 Å². The van der Waals surface area contributed by atoms with Crippen LogP contribution in [0, 0.1) is 13.8 Å². The molecule has 6 heteroatoms. The molecule has 4 aromatic rings. The molecule has 2 N–H and O–H groups in total. The van der Waals surface area contributed by atoms with Crippen LogP contribution in [0.2, 0.25) is 0 Å². The Kier molecular flexibility index (Phi) is 5.13. The van der Waals surface area contributed by atoms with Gasteiger partial charge >= 0.3 is 5.97 Å². The number of H-pyrrole nitrogens is 1. The molecule has 0 aliphatic rings. The standard InChI is InChI=1S/C22H23N3O2S/c1-14-7-5-8-16-15(2)23-18(21(14)16)13-25-19-10-4-3-9-17(19)24-22(25)28-12-6-11-20(26)27/h3-5,7-10,23H,6,11-13H2,1-2H3,(H,26,27). The molecule has 4 rings (SSSR count). The molecule has 0 fully saturated rings. The quantitative estimate of drug-likeness (QED) is 0.337. The molecule has 0 aliphatic carbocycles. The number of nitrogens with zero attached hydrogens (tertiary/aromatic N) is 2. The van der Waals surface area contributed by atoms with Crippen LogP contribution in [0.5, 0.6) is 0 Å². The summed E-state index contributed by atoms with van der Waals surface area (Å²) in [6.07, 6.45) is 0.819. The molecule has 0 spiro atoms. The summed E-state index contributed by atoms with van der Waals surface area (Å²) in [6.45, 7) is 4.96. The van der Waals surface area contributed by atoms with Crippen molar-refractivity contribution in [2.24, 2.45) is 0 Å². The second kappa shape index (κ2) is 7.72. The smallest absolute Gasteiger partial charge is 0.303 e. The number of carboxylic acids is 1. The van der Waals surface area contributed by atoms with Crippen LogP contribution in [0.4, 0.5) is 0 Å². The highest BCUT2D eigenvalue weighted by molar-refractivity contribution is 7.99. The number of para-hydroxylation sites is 2. The van der Waals surface area contributed by atoms with Crippen LogP contribution in [0.25, 0.3) is 21.8 Å². The zero-order valence-electron chi connectivity index (χ0n) is 16.0. The number of hydrogen-bond donors (Lipinski definition) is 2. The highest BCUT2D eigenvalue weighted by atomic mass is 32.2. The zero-order chi connectivity index (χ0) is 19.7. The van der Waals surface area contributed by atoms with E-state index >= 15 is 0 Å². The zero-order valence-corrected chi connectivity index (χ0v) is 16.8. The number of hydrogen-bond acceptors (Lipinski definition) is 3. The summed E-state index contributed by atoms with van der Waals surface area (Å²) in [7, 11) is 0. The number of carbonyl (C=O) groups is 1. The monoisotopic (exact) mass is 393 g/mol. The lowest BCUT2D eigenvalue weighted by molar-refractivity contribution is -0.137. The average Bonchev–Trinajstić information content (AvgIpc) is 3.18. The first-order valence-corrected chi connectivity index (χ1v) is 10.4. The number of nitrogens with one attached hydrogen (secondary N) is 1. The fraction of sp³-hybridized carbons (Fsp3) is 0.273. The third-order valence-corrected chi connectivity index (χ3v) is 6.08. The fourth-order valence-corrected chi connectivity index (χ4v) is 4.67. The minimum atomic E-state index is -0.752. The Bertz CT molecular complexity index is 1160. The average molecular weight is 394 g/mol. The van der Waals surface area contributed by atoms with Gasteiger partial charge in [-0.3, -0.25) is 4.79 Å². The van der Waals surface area contributed by atoms with Crippen LogP contribution in [0.15, 0.2) is 47.6 Å². The highest BCUT2D eigenvalue weighted by Crippen LogP contribution is 2.30. The Morgan fingerprint density at radius 1 is 1.18 bits per heavy atom. The largest absolute Gasteiger partial charge is 0.481 e. The van der Waals surface area contributed by atoms with Crippen LogP contribution in [-0.4, -0.2) is 31.4 Å². The first-order chi connectivity index (χ1) is 13.5. The topological polar surface area (TPSA) is 70.9 Å². The van der Waals surface area contributed by atoms with Gasteiger partial charge in [0.15, 0.2) is 5.16 Å². The van der Waals surface area contributed by atoms with Crippen molar-refractivity contribution in [1.29, 1.82) is 0 Å². The van der Waals surface area contributed by atoms with Crippen molar-refractivity contribution in [2.75, 3.05) is 5.75 Å². The van der Waals surface area contributed by atoms with Gasteiger partial charge in [0, 0.05) is 34.3 Å². The molecule has 0 bridgehead atoms. The van der Waals surface area contributed by atoms with Gasteiger partial charge in [-0.25, -0.2) is 4.98 Å². The van der Waals surface area contributed by atoms with Crippen LogP contribution in [0.1, 0.15) is 29.8 Å². The molecular weight excluding hydrogens is 370 g/mol.